The predicted molar refractivity (Wildman–Crippen MR) is 102 cm³/mol. The molecule has 0 aliphatic carbocycles. The topological polar surface area (TPSA) is 50.2 Å². The molecular formula is C19H28N4OS. The number of hydrogen-bond donors (Lipinski definition) is 1. The zero-order chi connectivity index (χ0) is 17.8. The maximum Gasteiger partial charge on any atom is 0.269 e. The Kier molecular flexibility index (Phi) is 5.91. The maximum atomic E-state index is 12.8. The van der Waals surface area contributed by atoms with Crippen LogP contribution in [0.5, 0.6) is 0 Å². The van der Waals surface area contributed by atoms with Gasteiger partial charge in [0.1, 0.15) is 5.69 Å². The van der Waals surface area contributed by atoms with E-state index in [9.17, 15) is 4.79 Å². The molecule has 2 aromatic heterocycles. The monoisotopic (exact) mass is 360 g/mol. The largest absolute Gasteiger partial charge is 0.347 e. The average molecular weight is 361 g/mol. The third-order valence-electron chi connectivity index (χ3n) is 4.72. The molecule has 0 saturated carbocycles. The van der Waals surface area contributed by atoms with Gasteiger partial charge >= 0.3 is 0 Å². The summed E-state index contributed by atoms with van der Waals surface area (Å²) in [5.74, 6) is 0.333. The molecule has 6 heteroatoms. The van der Waals surface area contributed by atoms with Crippen molar-refractivity contribution in [3.05, 3.63) is 39.8 Å². The van der Waals surface area contributed by atoms with Crippen LogP contribution in [0.25, 0.3) is 0 Å². The molecule has 1 unspecified atom stereocenters. The third-order valence-corrected chi connectivity index (χ3v) is 5.58. The van der Waals surface area contributed by atoms with Crippen molar-refractivity contribution < 1.29 is 4.79 Å². The Bertz CT molecular complexity index is 692. The van der Waals surface area contributed by atoms with Crippen LogP contribution in [-0.4, -0.2) is 39.7 Å². The number of carbonyl (C=O) groups is 1. The number of thiophene rings is 1. The zero-order valence-corrected chi connectivity index (χ0v) is 16.2. The summed E-state index contributed by atoms with van der Waals surface area (Å²) in [5.41, 5.74) is 1.66. The fourth-order valence-corrected chi connectivity index (χ4v) is 4.09. The molecule has 0 aromatic carbocycles. The first-order valence-electron chi connectivity index (χ1n) is 9.20. The standard InChI is InChI=1S/C19H28N4OS/c1-4-23-18(11-17(21-23)14(2)3)19(24)20-15-7-5-9-22(12-15)13-16-8-6-10-25-16/h6,8,10-11,14-15H,4-5,7,9,12-13H2,1-3H3,(H,20,24). The van der Waals surface area contributed by atoms with Crippen LogP contribution < -0.4 is 5.32 Å². The number of nitrogens with zero attached hydrogens (tertiary/aromatic N) is 3. The van der Waals surface area contributed by atoms with Crippen LogP contribution in [0.15, 0.2) is 23.6 Å². The van der Waals surface area contributed by atoms with Gasteiger partial charge in [-0.1, -0.05) is 19.9 Å². The van der Waals surface area contributed by atoms with Crippen molar-refractivity contribution >= 4 is 17.2 Å². The summed E-state index contributed by atoms with van der Waals surface area (Å²) in [5, 5.41) is 9.91. The first-order valence-corrected chi connectivity index (χ1v) is 10.1. The van der Waals surface area contributed by atoms with Gasteiger partial charge in [0.05, 0.1) is 5.69 Å². The summed E-state index contributed by atoms with van der Waals surface area (Å²) in [6.45, 7) is 9.95. The lowest BCUT2D eigenvalue weighted by Crippen LogP contribution is -2.47. The molecule has 136 valence electrons. The predicted octanol–water partition coefficient (Wildman–Crippen LogP) is 3.48. The van der Waals surface area contributed by atoms with E-state index in [1.807, 2.05) is 17.7 Å². The minimum atomic E-state index is 0.00391. The molecule has 3 heterocycles. The summed E-state index contributed by atoms with van der Waals surface area (Å²) >= 11 is 1.80. The Morgan fingerprint density at radius 3 is 3.00 bits per heavy atom. The van der Waals surface area contributed by atoms with Crippen molar-refractivity contribution in [3.8, 4) is 0 Å². The maximum absolute atomic E-state index is 12.8. The molecular weight excluding hydrogens is 332 g/mol. The first kappa shape index (κ1) is 18.1. The second-order valence-corrected chi connectivity index (χ2v) is 8.08. The highest BCUT2D eigenvalue weighted by atomic mass is 32.1. The van der Waals surface area contributed by atoms with Crippen molar-refractivity contribution in [1.29, 1.82) is 0 Å². The van der Waals surface area contributed by atoms with Crippen molar-refractivity contribution in [2.24, 2.45) is 0 Å². The fourth-order valence-electron chi connectivity index (χ4n) is 3.34. The molecule has 0 radical (unpaired) electrons. The quantitative estimate of drug-likeness (QED) is 0.858. The van der Waals surface area contributed by atoms with Gasteiger partial charge in [0.25, 0.3) is 5.91 Å². The molecule has 1 aliphatic heterocycles. The average Bonchev–Trinajstić information content (AvgIpc) is 3.24. The summed E-state index contributed by atoms with van der Waals surface area (Å²) in [6, 6.07) is 6.43. The minimum Gasteiger partial charge on any atom is -0.347 e. The van der Waals surface area contributed by atoms with Gasteiger partial charge in [-0.25, -0.2) is 0 Å². The van der Waals surface area contributed by atoms with Crippen LogP contribution >= 0.6 is 11.3 Å². The molecule has 25 heavy (non-hydrogen) atoms. The van der Waals surface area contributed by atoms with Crippen LogP contribution in [0.3, 0.4) is 0 Å². The highest BCUT2D eigenvalue weighted by molar-refractivity contribution is 7.09. The van der Waals surface area contributed by atoms with Gasteiger partial charge in [-0.3, -0.25) is 14.4 Å². The number of aromatic nitrogens is 2. The van der Waals surface area contributed by atoms with E-state index in [0.29, 0.717) is 18.2 Å². The van der Waals surface area contributed by atoms with E-state index in [0.717, 1.165) is 38.2 Å². The van der Waals surface area contributed by atoms with E-state index >= 15 is 0 Å². The Morgan fingerprint density at radius 1 is 1.48 bits per heavy atom. The van der Waals surface area contributed by atoms with E-state index in [4.69, 9.17) is 0 Å². The molecule has 1 amide bonds. The molecule has 0 spiro atoms. The number of rotatable bonds is 6. The molecule has 0 bridgehead atoms. The second kappa shape index (κ2) is 8.15. The summed E-state index contributed by atoms with van der Waals surface area (Å²) in [6.07, 6.45) is 2.17. The summed E-state index contributed by atoms with van der Waals surface area (Å²) in [7, 11) is 0. The lowest BCUT2D eigenvalue weighted by atomic mass is 10.1. The summed E-state index contributed by atoms with van der Waals surface area (Å²) < 4.78 is 1.82. The SMILES string of the molecule is CCn1nc(C(C)C)cc1C(=O)NC1CCCN(Cc2cccs2)C1. The van der Waals surface area contributed by atoms with Crippen molar-refractivity contribution in [1.82, 2.24) is 20.0 Å². The van der Waals surface area contributed by atoms with Crippen molar-refractivity contribution in [2.75, 3.05) is 13.1 Å². The number of likely N-dealkylation sites (tertiary alicyclic amines) is 1. The number of piperidine rings is 1. The van der Waals surface area contributed by atoms with Crippen LogP contribution in [0.2, 0.25) is 0 Å². The number of aryl methyl sites for hydroxylation is 1. The molecule has 3 rings (SSSR count). The first-order chi connectivity index (χ1) is 12.1. The van der Waals surface area contributed by atoms with E-state index in [1.54, 1.807) is 11.3 Å². The lowest BCUT2D eigenvalue weighted by Gasteiger charge is -2.32. The van der Waals surface area contributed by atoms with E-state index < -0.39 is 0 Å². The molecule has 1 saturated heterocycles. The Balaban J connectivity index is 1.62. The highest BCUT2D eigenvalue weighted by Crippen LogP contribution is 2.18. The molecule has 1 atom stereocenters. The molecule has 5 nitrogen and oxygen atoms in total. The van der Waals surface area contributed by atoms with Gasteiger partial charge in [-0.2, -0.15) is 5.10 Å². The van der Waals surface area contributed by atoms with Crippen molar-refractivity contribution in [2.45, 2.75) is 58.7 Å². The number of hydrogen-bond acceptors (Lipinski definition) is 4. The number of amides is 1. The van der Waals surface area contributed by atoms with Gasteiger partial charge in [-0.05, 0) is 49.7 Å². The number of nitrogens with one attached hydrogen (secondary N) is 1. The van der Waals surface area contributed by atoms with E-state index in [1.165, 1.54) is 4.88 Å². The summed E-state index contributed by atoms with van der Waals surface area (Å²) in [4.78, 5) is 16.6. The number of carbonyl (C=O) groups excluding carboxylic acids is 1. The van der Waals surface area contributed by atoms with Crippen LogP contribution in [0.4, 0.5) is 0 Å². The highest BCUT2D eigenvalue weighted by Gasteiger charge is 2.24. The van der Waals surface area contributed by atoms with Crippen LogP contribution in [-0.2, 0) is 13.1 Å². The Morgan fingerprint density at radius 2 is 2.32 bits per heavy atom. The Hall–Kier alpha value is -1.66. The zero-order valence-electron chi connectivity index (χ0n) is 15.4. The smallest absolute Gasteiger partial charge is 0.269 e. The molecule has 2 aromatic rings. The van der Waals surface area contributed by atoms with Gasteiger partial charge in [0.15, 0.2) is 0 Å². The fraction of sp³-hybridized carbons (Fsp3) is 0.579. The van der Waals surface area contributed by atoms with E-state index in [-0.39, 0.29) is 11.9 Å². The van der Waals surface area contributed by atoms with Gasteiger partial charge in [0, 0.05) is 30.6 Å². The minimum absolute atomic E-state index is 0.00391. The van der Waals surface area contributed by atoms with Gasteiger partial charge in [-0.15, -0.1) is 11.3 Å². The van der Waals surface area contributed by atoms with Crippen molar-refractivity contribution in [3.63, 3.8) is 0 Å². The van der Waals surface area contributed by atoms with Crippen LogP contribution in [0, 0.1) is 0 Å². The lowest BCUT2D eigenvalue weighted by molar-refractivity contribution is 0.0890. The van der Waals surface area contributed by atoms with Gasteiger partial charge < -0.3 is 5.32 Å². The Labute approximate surface area is 154 Å². The molecule has 1 N–H and O–H groups in total. The molecule has 1 aliphatic rings. The van der Waals surface area contributed by atoms with E-state index in [2.05, 4.69) is 46.7 Å². The molecule has 1 fully saturated rings. The third kappa shape index (κ3) is 4.50. The normalized spacial score (nSPS) is 18.6. The van der Waals surface area contributed by atoms with Crippen LogP contribution in [0.1, 0.15) is 60.6 Å². The second-order valence-electron chi connectivity index (χ2n) is 7.05. The van der Waals surface area contributed by atoms with Gasteiger partial charge in [0.2, 0.25) is 0 Å².